The number of hydrogen-bond donors (Lipinski definition) is 1. The van der Waals surface area contributed by atoms with Crippen LogP contribution in [0.25, 0.3) is 0 Å². The summed E-state index contributed by atoms with van der Waals surface area (Å²) in [4.78, 5) is 23.3. The number of benzene rings is 2. The topological polar surface area (TPSA) is 75.7 Å². The number of imide groups is 1. The highest BCUT2D eigenvalue weighted by atomic mass is 32.2. The number of thioether (sulfide) groups is 1. The second kappa shape index (κ2) is 9.00. The van der Waals surface area contributed by atoms with E-state index in [2.05, 4.69) is 5.32 Å². The Morgan fingerprint density at radius 3 is 2.74 bits per heavy atom. The van der Waals surface area contributed by atoms with Crippen molar-refractivity contribution in [3.05, 3.63) is 58.9 Å². The summed E-state index contributed by atoms with van der Waals surface area (Å²) < 4.78 is 34.4. The van der Waals surface area contributed by atoms with E-state index in [-0.39, 0.29) is 17.3 Å². The third-order valence-electron chi connectivity index (χ3n) is 5.53. The summed E-state index contributed by atoms with van der Waals surface area (Å²) in [7, 11) is -1.32. The fourth-order valence-corrected chi connectivity index (χ4v) is 5.69. The van der Waals surface area contributed by atoms with Gasteiger partial charge in [-0.2, -0.15) is 0 Å². The van der Waals surface area contributed by atoms with Crippen LogP contribution in [-0.4, -0.2) is 33.4 Å². The lowest BCUT2D eigenvalue weighted by Gasteiger charge is -2.34. The van der Waals surface area contributed by atoms with Crippen LogP contribution < -0.4 is 14.4 Å². The second-order valence-electron chi connectivity index (χ2n) is 7.47. The SMILES string of the molecule is CCc1cc(OC2CCN(S(C)=O)c3c(F)cccc32)ccc1CC1SC(=O)NC1=O. The number of carbonyl (C=O) groups is 2. The number of fused-ring (bicyclic) bond motifs is 1. The number of aryl methyl sites for hydroxylation is 1. The van der Waals surface area contributed by atoms with Crippen LogP contribution in [0, 0.1) is 5.82 Å². The highest BCUT2D eigenvalue weighted by Gasteiger charge is 2.33. The van der Waals surface area contributed by atoms with Crippen LogP contribution in [0.5, 0.6) is 5.75 Å². The van der Waals surface area contributed by atoms with Gasteiger partial charge in [-0.1, -0.05) is 36.9 Å². The molecule has 0 aliphatic carbocycles. The number of carbonyl (C=O) groups excluding carboxylic acids is 2. The minimum atomic E-state index is -1.32. The van der Waals surface area contributed by atoms with E-state index in [1.54, 1.807) is 16.6 Å². The minimum absolute atomic E-state index is 0.254. The molecule has 6 nitrogen and oxygen atoms in total. The summed E-state index contributed by atoms with van der Waals surface area (Å²) in [6.07, 6.45) is 2.99. The van der Waals surface area contributed by atoms with Crippen LogP contribution in [0.15, 0.2) is 36.4 Å². The number of ether oxygens (including phenoxy) is 1. The van der Waals surface area contributed by atoms with Crippen LogP contribution >= 0.6 is 11.8 Å². The molecule has 0 saturated carbocycles. The Morgan fingerprint density at radius 1 is 1.26 bits per heavy atom. The van der Waals surface area contributed by atoms with Crippen molar-refractivity contribution in [3.8, 4) is 5.75 Å². The first-order chi connectivity index (χ1) is 14.9. The van der Waals surface area contributed by atoms with Crippen molar-refractivity contribution in [2.75, 3.05) is 17.1 Å². The quantitative estimate of drug-likeness (QED) is 0.705. The van der Waals surface area contributed by atoms with Gasteiger partial charge in [-0.05, 0) is 42.2 Å². The standard InChI is InChI=1S/C22H23FN2O4S2/c1-3-13-11-15(8-7-14(13)12-19-21(26)24-22(27)30-19)29-18-9-10-25(31(2)28)20-16(18)5-4-6-17(20)23/h4-8,11,18-19H,3,9-10,12H2,1-2H3,(H,24,26,27). The Labute approximate surface area is 187 Å². The molecule has 0 aromatic heterocycles. The van der Waals surface area contributed by atoms with Gasteiger partial charge in [0.25, 0.3) is 5.24 Å². The van der Waals surface area contributed by atoms with Gasteiger partial charge in [0.05, 0.1) is 10.9 Å². The highest BCUT2D eigenvalue weighted by Crippen LogP contribution is 2.39. The van der Waals surface area contributed by atoms with Gasteiger partial charge in [0, 0.05) is 24.8 Å². The second-order valence-corrected chi connectivity index (χ2v) is 9.93. The molecular weight excluding hydrogens is 439 g/mol. The van der Waals surface area contributed by atoms with Crippen molar-refractivity contribution in [2.24, 2.45) is 0 Å². The van der Waals surface area contributed by atoms with Gasteiger partial charge in [-0.25, -0.2) is 8.60 Å². The third kappa shape index (κ3) is 4.48. The maximum atomic E-state index is 14.5. The molecule has 2 heterocycles. The average molecular weight is 463 g/mol. The highest BCUT2D eigenvalue weighted by molar-refractivity contribution is 8.15. The first kappa shape index (κ1) is 21.8. The van der Waals surface area contributed by atoms with Crippen LogP contribution in [-0.2, 0) is 28.6 Å². The Kier molecular flexibility index (Phi) is 6.34. The number of para-hydroxylation sites is 1. The van der Waals surface area contributed by atoms with E-state index in [0.717, 1.165) is 29.3 Å². The Bertz CT molecular complexity index is 1060. The fraction of sp³-hybridized carbons (Fsp3) is 0.364. The van der Waals surface area contributed by atoms with E-state index in [0.29, 0.717) is 36.4 Å². The molecule has 3 atom stereocenters. The average Bonchev–Trinajstić information content (AvgIpc) is 3.06. The third-order valence-corrected chi connectivity index (χ3v) is 7.50. The van der Waals surface area contributed by atoms with Gasteiger partial charge >= 0.3 is 0 Å². The molecule has 9 heteroatoms. The van der Waals surface area contributed by atoms with Crippen LogP contribution in [0.3, 0.4) is 0 Å². The Morgan fingerprint density at radius 2 is 2.06 bits per heavy atom. The molecule has 2 aliphatic heterocycles. The molecule has 0 radical (unpaired) electrons. The first-order valence-corrected chi connectivity index (χ1v) is 12.5. The minimum Gasteiger partial charge on any atom is -0.486 e. The van der Waals surface area contributed by atoms with Crippen LogP contribution in [0.1, 0.15) is 36.1 Å². The number of nitrogens with zero attached hydrogens (tertiary/aromatic N) is 1. The monoisotopic (exact) mass is 462 g/mol. The van der Waals surface area contributed by atoms with E-state index in [9.17, 15) is 18.2 Å². The fourth-order valence-electron chi connectivity index (χ4n) is 4.03. The summed E-state index contributed by atoms with van der Waals surface area (Å²) in [5.74, 6) is -0.00458. The zero-order valence-electron chi connectivity index (χ0n) is 17.2. The Hall–Kier alpha value is -2.39. The number of halogens is 1. The molecule has 0 spiro atoms. The maximum absolute atomic E-state index is 14.5. The lowest BCUT2D eigenvalue weighted by Crippen LogP contribution is -2.34. The number of anilines is 1. The van der Waals surface area contributed by atoms with Crippen molar-refractivity contribution in [3.63, 3.8) is 0 Å². The molecular formula is C22H23FN2O4S2. The van der Waals surface area contributed by atoms with E-state index in [1.165, 1.54) is 6.07 Å². The van der Waals surface area contributed by atoms with Crippen molar-refractivity contribution in [1.82, 2.24) is 5.32 Å². The maximum Gasteiger partial charge on any atom is 0.286 e. The lowest BCUT2D eigenvalue weighted by molar-refractivity contribution is -0.118. The van der Waals surface area contributed by atoms with E-state index in [1.807, 2.05) is 31.2 Å². The van der Waals surface area contributed by atoms with Gasteiger partial charge in [-0.3, -0.25) is 19.2 Å². The molecule has 1 fully saturated rings. The number of rotatable bonds is 6. The molecule has 2 aromatic rings. The molecule has 3 unspecified atom stereocenters. The van der Waals surface area contributed by atoms with Crippen molar-refractivity contribution in [2.45, 2.75) is 37.5 Å². The van der Waals surface area contributed by atoms with Gasteiger partial charge < -0.3 is 4.74 Å². The molecule has 0 bridgehead atoms. The zero-order valence-corrected chi connectivity index (χ0v) is 18.9. The smallest absolute Gasteiger partial charge is 0.286 e. The predicted octanol–water partition coefficient (Wildman–Crippen LogP) is 3.91. The normalized spacial score (nSPS) is 21.6. The van der Waals surface area contributed by atoms with E-state index < -0.39 is 22.1 Å². The van der Waals surface area contributed by atoms with E-state index >= 15 is 0 Å². The van der Waals surface area contributed by atoms with Crippen LogP contribution in [0.2, 0.25) is 0 Å². The molecule has 4 rings (SSSR count). The summed E-state index contributed by atoms with van der Waals surface area (Å²) in [5.41, 5.74) is 3.05. The molecule has 2 amide bonds. The first-order valence-electron chi connectivity index (χ1n) is 10.1. The van der Waals surface area contributed by atoms with Gasteiger partial charge in [0.2, 0.25) is 5.91 Å². The molecule has 1 N–H and O–H groups in total. The van der Waals surface area contributed by atoms with Gasteiger partial charge in [-0.15, -0.1) is 0 Å². The largest absolute Gasteiger partial charge is 0.486 e. The van der Waals surface area contributed by atoms with Crippen molar-refractivity contribution < 1.29 is 22.9 Å². The number of nitrogens with one attached hydrogen (secondary N) is 1. The van der Waals surface area contributed by atoms with Crippen molar-refractivity contribution in [1.29, 1.82) is 0 Å². The summed E-state index contributed by atoms with van der Waals surface area (Å²) in [6, 6.07) is 10.5. The summed E-state index contributed by atoms with van der Waals surface area (Å²) in [5, 5.41) is 1.59. The van der Waals surface area contributed by atoms with Gasteiger partial charge in [0.15, 0.2) is 0 Å². The predicted molar refractivity (Wildman–Crippen MR) is 120 cm³/mol. The molecule has 2 aromatic carbocycles. The number of hydrogen-bond acceptors (Lipinski definition) is 5. The van der Waals surface area contributed by atoms with Gasteiger partial charge in [0.1, 0.15) is 28.7 Å². The van der Waals surface area contributed by atoms with Crippen molar-refractivity contribution >= 4 is 39.6 Å². The molecule has 2 aliphatic rings. The Balaban J connectivity index is 1.57. The summed E-state index contributed by atoms with van der Waals surface area (Å²) >= 11 is 1.02. The van der Waals surface area contributed by atoms with Crippen LogP contribution in [0.4, 0.5) is 14.9 Å². The molecule has 31 heavy (non-hydrogen) atoms. The molecule has 1 saturated heterocycles. The molecule has 164 valence electrons. The lowest BCUT2D eigenvalue weighted by atomic mass is 9.98. The zero-order chi connectivity index (χ0) is 22.1. The number of amides is 2. The summed E-state index contributed by atoms with van der Waals surface area (Å²) in [6.45, 7) is 2.46. The van der Waals surface area contributed by atoms with E-state index in [4.69, 9.17) is 4.74 Å².